The van der Waals surface area contributed by atoms with Crippen LogP contribution in [0.2, 0.25) is 0 Å². The second kappa shape index (κ2) is 10.3. The molecule has 0 aromatic carbocycles. The Balaban J connectivity index is -0.0000000450. The molecule has 6 heteroatoms. The summed E-state index contributed by atoms with van der Waals surface area (Å²) in [4.78, 5) is 0. The normalized spacial score (nSPS) is 4.50. The van der Waals surface area contributed by atoms with Gasteiger partial charge in [0.1, 0.15) is 0 Å². The molecule has 0 bridgehead atoms. The third kappa shape index (κ3) is 33.4. The molecule has 0 saturated carbocycles. The molecule has 29 valence electrons. The summed E-state index contributed by atoms with van der Waals surface area (Å²) in [7, 11) is -2.17. The number of hydrogen-bond acceptors (Lipinski definition) is 3. The van der Waals surface area contributed by atoms with Crippen molar-refractivity contribution in [1.82, 2.24) is 0 Å². The summed E-state index contributed by atoms with van der Waals surface area (Å²) in [6, 6.07) is 0. The first-order chi connectivity index (χ1) is 1.73. The SMILES string of the molecule is OB(O)O.[Ca].[Y]. The van der Waals surface area contributed by atoms with Gasteiger partial charge in [-0.15, -0.1) is 0 Å². The van der Waals surface area contributed by atoms with Gasteiger partial charge in [-0.1, -0.05) is 0 Å². The van der Waals surface area contributed by atoms with Crippen LogP contribution >= 0.6 is 0 Å². The Bertz CT molecular complexity index is 15.5. The number of rotatable bonds is 0. The van der Waals surface area contributed by atoms with Crippen LogP contribution in [-0.4, -0.2) is 60.1 Å². The molecule has 0 rings (SSSR count). The van der Waals surface area contributed by atoms with Crippen LogP contribution in [0.15, 0.2) is 0 Å². The van der Waals surface area contributed by atoms with Gasteiger partial charge < -0.3 is 15.1 Å². The minimum Gasteiger partial charge on any atom is -0.402 e. The average Bonchev–Trinajstić information content (AvgIpc) is 0.811. The molecule has 0 atom stereocenters. The Morgan fingerprint density at radius 1 is 1.00 bits per heavy atom. The monoisotopic (exact) mass is 191 g/mol. The molecule has 0 unspecified atom stereocenters. The summed E-state index contributed by atoms with van der Waals surface area (Å²) >= 11 is 0. The van der Waals surface area contributed by atoms with Crippen LogP contribution in [0.1, 0.15) is 0 Å². The van der Waals surface area contributed by atoms with Crippen LogP contribution in [0.4, 0.5) is 0 Å². The molecule has 3 radical (unpaired) electrons. The molecule has 3 N–H and O–H groups in total. The molecule has 0 aliphatic carbocycles. The minimum absolute atomic E-state index is 0. The van der Waals surface area contributed by atoms with E-state index < -0.39 is 7.32 Å². The first-order valence-electron chi connectivity index (χ1n) is 0.775. The fraction of sp³-hybridized carbons (Fsp3) is 0. The second-order valence-corrected chi connectivity index (χ2v) is 0.346. The molecule has 3 nitrogen and oxygen atoms in total. The smallest absolute Gasteiger partial charge is 0.402 e. The third-order valence-corrected chi connectivity index (χ3v) is 0. The average molecular weight is 191 g/mol. The maximum absolute atomic E-state index is 7.17. The van der Waals surface area contributed by atoms with Gasteiger partial charge in [-0.25, -0.2) is 0 Å². The zero-order valence-electron chi connectivity index (χ0n) is 3.20. The quantitative estimate of drug-likeness (QED) is 0.373. The van der Waals surface area contributed by atoms with Crippen molar-refractivity contribution >= 4 is 45.1 Å². The molecule has 0 heterocycles. The Labute approximate surface area is 91.2 Å². The first-order valence-corrected chi connectivity index (χ1v) is 0.775. The van der Waals surface area contributed by atoms with Crippen LogP contribution < -0.4 is 0 Å². The van der Waals surface area contributed by atoms with Crippen LogP contribution in [0, 0.1) is 0 Å². The zero-order chi connectivity index (χ0) is 3.58. The molecule has 0 fully saturated rings. The van der Waals surface area contributed by atoms with E-state index in [4.69, 9.17) is 15.1 Å². The van der Waals surface area contributed by atoms with E-state index in [-0.39, 0.29) is 70.4 Å². The van der Waals surface area contributed by atoms with Gasteiger partial charge in [0.25, 0.3) is 0 Å². The Kier molecular flexibility index (Phi) is 27.1. The van der Waals surface area contributed by atoms with E-state index in [9.17, 15) is 0 Å². The maximum Gasteiger partial charge on any atom is 0.631 e. The molecule has 0 amide bonds. The Morgan fingerprint density at radius 3 is 1.00 bits per heavy atom. The fourth-order valence-corrected chi connectivity index (χ4v) is 0. The van der Waals surface area contributed by atoms with Crippen molar-refractivity contribution in [2.24, 2.45) is 0 Å². The van der Waals surface area contributed by atoms with Crippen molar-refractivity contribution in [2.75, 3.05) is 0 Å². The van der Waals surface area contributed by atoms with E-state index in [1.807, 2.05) is 0 Å². The fourth-order valence-electron chi connectivity index (χ4n) is 0. The predicted octanol–water partition coefficient (Wildman–Crippen LogP) is -2.44. The van der Waals surface area contributed by atoms with Crippen molar-refractivity contribution in [3.8, 4) is 0 Å². The van der Waals surface area contributed by atoms with E-state index in [2.05, 4.69) is 0 Å². The second-order valence-electron chi connectivity index (χ2n) is 0.346. The molecule has 0 spiro atoms. The molecule has 6 heavy (non-hydrogen) atoms. The van der Waals surface area contributed by atoms with Gasteiger partial charge in [0.2, 0.25) is 0 Å². The summed E-state index contributed by atoms with van der Waals surface area (Å²) < 4.78 is 0. The van der Waals surface area contributed by atoms with Crippen molar-refractivity contribution in [3.63, 3.8) is 0 Å². The number of hydrogen-bond donors (Lipinski definition) is 3. The van der Waals surface area contributed by atoms with Gasteiger partial charge in [-0.3, -0.25) is 0 Å². The summed E-state index contributed by atoms with van der Waals surface area (Å²) in [6.45, 7) is 0. The van der Waals surface area contributed by atoms with E-state index in [0.717, 1.165) is 0 Å². The third-order valence-electron chi connectivity index (χ3n) is 0. The molecule has 0 aromatic rings. The van der Waals surface area contributed by atoms with Crippen LogP contribution in [-0.2, 0) is 32.7 Å². The first kappa shape index (κ1) is 15.7. The summed E-state index contributed by atoms with van der Waals surface area (Å²) in [5.74, 6) is 0. The topological polar surface area (TPSA) is 60.7 Å². The van der Waals surface area contributed by atoms with E-state index in [1.165, 1.54) is 0 Å². The summed E-state index contributed by atoms with van der Waals surface area (Å²) in [5.41, 5.74) is 0. The Hall–Kier alpha value is 2.31. The molecule has 0 aromatic heterocycles. The van der Waals surface area contributed by atoms with Gasteiger partial charge in [-0.05, 0) is 0 Å². The van der Waals surface area contributed by atoms with Crippen molar-refractivity contribution in [2.45, 2.75) is 0 Å². The van der Waals surface area contributed by atoms with Crippen LogP contribution in [0.25, 0.3) is 0 Å². The summed E-state index contributed by atoms with van der Waals surface area (Å²) in [6.07, 6.45) is 0. The van der Waals surface area contributed by atoms with Gasteiger partial charge in [0, 0.05) is 70.4 Å². The van der Waals surface area contributed by atoms with Gasteiger partial charge in [-0.2, -0.15) is 0 Å². The minimum atomic E-state index is -2.17. The van der Waals surface area contributed by atoms with E-state index >= 15 is 0 Å². The molecular weight excluding hydrogens is 188 g/mol. The van der Waals surface area contributed by atoms with Crippen molar-refractivity contribution in [3.05, 3.63) is 0 Å². The van der Waals surface area contributed by atoms with Crippen LogP contribution in [0.5, 0.6) is 0 Å². The van der Waals surface area contributed by atoms with Gasteiger partial charge in [0.05, 0.1) is 0 Å². The maximum atomic E-state index is 7.17. The van der Waals surface area contributed by atoms with Crippen LogP contribution in [0.3, 0.4) is 0 Å². The van der Waals surface area contributed by atoms with Gasteiger partial charge >= 0.3 is 7.32 Å². The standard InChI is InChI=1S/BH3O3.Ca.Y/c2-1(3)4;;/h2-4H;;. The largest absolute Gasteiger partial charge is 0.631 e. The molecule has 0 aliphatic rings. The zero-order valence-corrected chi connectivity index (χ0v) is 8.25. The molecular formula is H3BCaO3Y. The summed E-state index contributed by atoms with van der Waals surface area (Å²) in [5, 5.41) is 21.5. The van der Waals surface area contributed by atoms with E-state index in [0.29, 0.717) is 0 Å². The van der Waals surface area contributed by atoms with Gasteiger partial charge in [0.15, 0.2) is 0 Å². The van der Waals surface area contributed by atoms with E-state index in [1.54, 1.807) is 0 Å². The Morgan fingerprint density at radius 2 is 1.00 bits per heavy atom. The molecule has 0 saturated heterocycles. The molecule has 0 aliphatic heterocycles. The predicted molar refractivity (Wildman–Crippen MR) is 18.2 cm³/mol. The van der Waals surface area contributed by atoms with Crippen molar-refractivity contribution in [1.29, 1.82) is 0 Å². The van der Waals surface area contributed by atoms with Crippen molar-refractivity contribution < 1.29 is 47.8 Å².